The van der Waals surface area contributed by atoms with Crippen LogP contribution in [0.5, 0.6) is 0 Å². The highest BCUT2D eigenvalue weighted by Crippen LogP contribution is 2.11. The molecule has 0 amide bonds. The van der Waals surface area contributed by atoms with E-state index < -0.39 is 22.9 Å². The number of aliphatic carboxylic acids is 1. The molecule has 0 aliphatic carbocycles. The number of carbonyl (C=O) groups excluding carboxylic acids is 2. The van der Waals surface area contributed by atoms with Gasteiger partial charge in [-0.1, -0.05) is 31.2 Å². The summed E-state index contributed by atoms with van der Waals surface area (Å²) in [4.78, 5) is 33.3. The van der Waals surface area contributed by atoms with E-state index in [1.165, 1.54) is 12.1 Å². The second-order valence-corrected chi connectivity index (χ2v) is 4.34. The van der Waals surface area contributed by atoms with Crippen LogP contribution in [0.25, 0.3) is 0 Å². The fourth-order valence-corrected chi connectivity index (χ4v) is 1.59. The lowest BCUT2D eigenvalue weighted by Crippen LogP contribution is -2.16. The molecule has 104 valence electrons. The van der Waals surface area contributed by atoms with Gasteiger partial charge in [-0.25, -0.2) is 0 Å². The number of alkyl halides is 1. The number of carbonyl (C=O) groups is 3. The van der Waals surface area contributed by atoms with Crippen molar-refractivity contribution >= 4 is 29.1 Å². The monoisotopic (exact) mass is 285 g/mol. The summed E-state index contributed by atoms with van der Waals surface area (Å²) in [5, 5.41) is 7.66. The van der Waals surface area contributed by atoms with Gasteiger partial charge in [-0.2, -0.15) is 0 Å². The molecule has 0 fully saturated rings. The zero-order chi connectivity index (χ0) is 13.7. The van der Waals surface area contributed by atoms with Gasteiger partial charge in [0, 0.05) is 12.0 Å². The maximum Gasteiger partial charge on any atom is 0.321 e. The Morgan fingerprint density at radius 2 is 1.74 bits per heavy atom. The number of carboxylic acid groups (broad SMARTS) is 1. The predicted molar refractivity (Wildman–Crippen MR) is 72.1 cm³/mol. The summed E-state index contributed by atoms with van der Waals surface area (Å²) in [5.74, 6) is -2.05. The first-order valence-electron chi connectivity index (χ1n) is 5.49. The van der Waals surface area contributed by atoms with Crippen molar-refractivity contribution < 1.29 is 19.5 Å². The van der Waals surface area contributed by atoms with Crippen molar-refractivity contribution in [3.8, 4) is 0 Å². The molecule has 0 radical (unpaired) electrons. The molecule has 0 aliphatic heterocycles. The number of hydrogen-bond acceptors (Lipinski definition) is 4. The van der Waals surface area contributed by atoms with Crippen molar-refractivity contribution in [2.45, 2.75) is 25.1 Å². The normalized spacial score (nSPS) is 11.3. The number of halogens is 1. The highest BCUT2D eigenvalue weighted by atomic mass is 35.5. The number of ketones is 2. The molecule has 19 heavy (non-hydrogen) atoms. The number of Topliss-reactive ketones (excluding diaryl/α,β-unsaturated/α-hetero) is 2. The van der Waals surface area contributed by atoms with Crippen LogP contribution < -0.4 is 6.15 Å². The minimum atomic E-state index is -1.09. The zero-order valence-electron chi connectivity index (χ0n) is 10.6. The molecule has 0 saturated heterocycles. The summed E-state index contributed by atoms with van der Waals surface area (Å²) in [5.41, 5.74) is 1.02. The van der Waals surface area contributed by atoms with E-state index >= 15 is 0 Å². The minimum Gasteiger partial charge on any atom is -0.480 e. The standard InChI is InChI=1S/C13H13ClO4.H3N/c1-2-11(15)12(16)9-5-3-8(4-6-9)7-10(14)13(17)18;/h3-6,10H,2,7H2,1H3,(H,17,18);1H3. The average molecular weight is 286 g/mol. The van der Waals surface area contributed by atoms with Crippen molar-refractivity contribution in [2.75, 3.05) is 0 Å². The van der Waals surface area contributed by atoms with E-state index in [1.54, 1.807) is 19.1 Å². The van der Waals surface area contributed by atoms with Crippen LogP contribution in [0.15, 0.2) is 24.3 Å². The molecule has 5 nitrogen and oxygen atoms in total. The fourth-order valence-electron chi connectivity index (χ4n) is 1.41. The second-order valence-electron chi connectivity index (χ2n) is 3.81. The summed E-state index contributed by atoms with van der Waals surface area (Å²) >= 11 is 5.60. The van der Waals surface area contributed by atoms with E-state index in [-0.39, 0.29) is 19.0 Å². The first-order chi connectivity index (χ1) is 8.45. The van der Waals surface area contributed by atoms with E-state index in [1.807, 2.05) is 0 Å². The molecule has 4 N–H and O–H groups in total. The van der Waals surface area contributed by atoms with Gasteiger partial charge in [-0.15, -0.1) is 11.6 Å². The topological polar surface area (TPSA) is 106 Å². The average Bonchev–Trinajstić information content (AvgIpc) is 2.37. The minimum absolute atomic E-state index is 0. The van der Waals surface area contributed by atoms with E-state index in [2.05, 4.69) is 0 Å². The summed E-state index contributed by atoms with van der Waals surface area (Å²) in [7, 11) is 0. The Morgan fingerprint density at radius 3 is 2.16 bits per heavy atom. The molecule has 1 unspecified atom stereocenters. The van der Waals surface area contributed by atoms with Crippen LogP contribution in [0, 0.1) is 0 Å². The van der Waals surface area contributed by atoms with E-state index in [0.29, 0.717) is 11.1 Å². The Morgan fingerprint density at radius 1 is 1.21 bits per heavy atom. The molecule has 1 rings (SSSR count). The van der Waals surface area contributed by atoms with Crippen LogP contribution in [-0.2, 0) is 16.0 Å². The Balaban J connectivity index is 0.00000324. The molecular weight excluding hydrogens is 270 g/mol. The Kier molecular flexibility index (Phi) is 6.96. The number of carboxylic acids is 1. The van der Waals surface area contributed by atoms with E-state index in [9.17, 15) is 14.4 Å². The summed E-state index contributed by atoms with van der Waals surface area (Å²) < 4.78 is 0. The summed E-state index contributed by atoms with van der Waals surface area (Å²) in [6.07, 6.45) is 0.344. The fraction of sp³-hybridized carbons (Fsp3) is 0.308. The first kappa shape index (κ1) is 17.3. The molecule has 0 heterocycles. The summed E-state index contributed by atoms with van der Waals surface area (Å²) in [6.45, 7) is 1.62. The second kappa shape index (κ2) is 7.66. The van der Waals surface area contributed by atoms with Crippen LogP contribution in [0.3, 0.4) is 0 Å². The maximum absolute atomic E-state index is 11.5. The highest BCUT2D eigenvalue weighted by Gasteiger charge is 2.16. The lowest BCUT2D eigenvalue weighted by Gasteiger charge is -2.05. The molecule has 0 saturated carbocycles. The van der Waals surface area contributed by atoms with Gasteiger partial charge in [-0.3, -0.25) is 14.4 Å². The number of hydrogen-bond donors (Lipinski definition) is 2. The molecule has 0 aliphatic rings. The molecule has 1 atom stereocenters. The van der Waals surface area contributed by atoms with Gasteiger partial charge < -0.3 is 11.3 Å². The van der Waals surface area contributed by atoms with Gasteiger partial charge in [0.25, 0.3) is 0 Å². The van der Waals surface area contributed by atoms with Crippen molar-refractivity contribution in [1.29, 1.82) is 0 Å². The van der Waals surface area contributed by atoms with E-state index in [4.69, 9.17) is 16.7 Å². The van der Waals surface area contributed by atoms with Crippen LogP contribution >= 0.6 is 11.6 Å². The van der Waals surface area contributed by atoms with Gasteiger partial charge >= 0.3 is 5.97 Å². The molecular formula is C13H16ClNO4. The third-order valence-electron chi connectivity index (χ3n) is 2.47. The van der Waals surface area contributed by atoms with Crippen LogP contribution in [-0.4, -0.2) is 28.0 Å². The Hall–Kier alpha value is -1.72. The van der Waals surface area contributed by atoms with Crippen LogP contribution in [0.4, 0.5) is 0 Å². The Bertz CT molecular complexity index is 470. The van der Waals surface area contributed by atoms with E-state index in [0.717, 1.165) is 0 Å². The van der Waals surface area contributed by atoms with Crippen molar-refractivity contribution in [1.82, 2.24) is 6.15 Å². The maximum atomic E-state index is 11.5. The molecule has 0 spiro atoms. The van der Waals surface area contributed by atoms with Gasteiger partial charge in [0.15, 0.2) is 0 Å². The Labute approximate surface area is 116 Å². The summed E-state index contributed by atoms with van der Waals surface area (Å²) in [6, 6.07) is 6.23. The van der Waals surface area contributed by atoms with Gasteiger partial charge in [0.2, 0.25) is 11.6 Å². The van der Waals surface area contributed by atoms with Crippen LogP contribution in [0.1, 0.15) is 29.3 Å². The quantitative estimate of drug-likeness (QED) is 0.473. The zero-order valence-corrected chi connectivity index (χ0v) is 11.3. The number of rotatable bonds is 6. The molecule has 0 aromatic heterocycles. The highest BCUT2D eigenvalue weighted by molar-refractivity contribution is 6.43. The third kappa shape index (κ3) is 4.81. The van der Waals surface area contributed by atoms with Gasteiger partial charge in [-0.05, 0) is 12.0 Å². The largest absolute Gasteiger partial charge is 0.480 e. The van der Waals surface area contributed by atoms with Gasteiger partial charge in [0.05, 0.1) is 0 Å². The third-order valence-corrected chi connectivity index (χ3v) is 2.81. The van der Waals surface area contributed by atoms with Crippen molar-refractivity contribution in [2.24, 2.45) is 0 Å². The molecule has 1 aromatic rings. The molecule has 6 heteroatoms. The van der Waals surface area contributed by atoms with Crippen LogP contribution in [0.2, 0.25) is 0 Å². The lowest BCUT2D eigenvalue weighted by molar-refractivity contribution is -0.136. The molecule has 1 aromatic carbocycles. The van der Waals surface area contributed by atoms with Crippen molar-refractivity contribution in [3.63, 3.8) is 0 Å². The molecule has 0 bridgehead atoms. The van der Waals surface area contributed by atoms with Crippen molar-refractivity contribution in [3.05, 3.63) is 35.4 Å². The SMILES string of the molecule is CCC(=O)C(=O)c1ccc(CC(Cl)C(=O)O)cc1.N. The predicted octanol–water partition coefficient (Wildman–Crippen LogP) is 2.24. The number of benzene rings is 1. The smallest absolute Gasteiger partial charge is 0.321 e. The first-order valence-corrected chi connectivity index (χ1v) is 5.92. The lowest BCUT2D eigenvalue weighted by atomic mass is 10.0. The van der Waals surface area contributed by atoms with Gasteiger partial charge in [0.1, 0.15) is 5.38 Å².